The SMILES string of the molecule is CCC(C)c1ccc(CNCCCC(=O)O)cc1. The van der Waals surface area contributed by atoms with Crippen LogP contribution >= 0.6 is 0 Å². The van der Waals surface area contributed by atoms with E-state index in [0.717, 1.165) is 19.5 Å². The Kier molecular flexibility index (Phi) is 6.44. The summed E-state index contributed by atoms with van der Waals surface area (Å²) in [7, 11) is 0. The van der Waals surface area contributed by atoms with Crippen LogP contribution in [0.2, 0.25) is 0 Å². The van der Waals surface area contributed by atoms with Gasteiger partial charge in [-0.15, -0.1) is 0 Å². The van der Waals surface area contributed by atoms with Crippen molar-refractivity contribution in [2.75, 3.05) is 6.54 Å². The molecule has 1 rings (SSSR count). The Morgan fingerprint density at radius 1 is 1.33 bits per heavy atom. The monoisotopic (exact) mass is 249 g/mol. The highest BCUT2D eigenvalue weighted by atomic mass is 16.4. The van der Waals surface area contributed by atoms with Gasteiger partial charge in [0.1, 0.15) is 0 Å². The average molecular weight is 249 g/mol. The second-order valence-electron chi connectivity index (χ2n) is 4.72. The molecule has 100 valence electrons. The first-order chi connectivity index (χ1) is 8.63. The van der Waals surface area contributed by atoms with Crippen molar-refractivity contribution in [2.24, 2.45) is 0 Å². The highest BCUT2D eigenvalue weighted by Crippen LogP contribution is 2.18. The fourth-order valence-corrected chi connectivity index (χ4v) is 1.80. The van der Waals surface area contributed by atoms with Crippen molar-refractivity contribution in [1.29, 1.82) is 0 Å². The molecule has 3 heteroatoms. The summed E-state index contributed by atoms with van der Waals surface area (Å²) in [6, 6.07) is 8.65. The highest BCUT2D eigenvalue weighted by molar-refractivity contribution is 5.66. The second kappa shape index (κ2) is 7.88. The molecule has 2 N–H and O–H groups in total. The van der Waals surface area contributed by atoms with Gasteiger partial charge in [-0.2, -0.15) is 0 Å². The molecule has 0 radical (unpaired) electrons. The zero-order chi connectivity index (χ0) is 13.4. The Bertz CT molecular complexity index is 359. The van der Waals surface area contributed by atoms with Crippen molar-refractivity contribution in [1.82, 2.24) is 5.32 Å². The summed E-state index contributed by atoms with van der Waals surface area (Å²) in [5.41, 5.74) is 2.63. The third-order valence-electron chi connectivity index (χ3n) is 3.23. The maximum Gasteiger partial charge on any atom is 0.303 e. The van der Waals surface area contributed by atoms with Crippen molar-refractivity contribution < 1.29 is 9.90 Å². The zero-order valence-electron chi connectivity index (χ0n) is 11.3. The molecule has 0 aromatic heterocycles. The number of aliphatic carboxylic acids is 1. The van der Waals surface area contributed by atoms with Gasteiger partial charge in [-0.1, -0.05) is 38.1 Å². The quantitative estimate of drug-likeness (QED) is 0.696. The summed E-state index contributed by atoms with van der Waals surface area (Å²) in [4.78, 5) is 10.3. The summed E-state index contributed by atoms with van der Waals surface area (Å²) < 4.78 is 0. The van der Waals surface area contributed by atoms with Crippen LogP contribution in [0.5, 0.6) is 0 Å². The Morgan fingerprint density at radius 2 is 2.00 bits per heavy atom. The van der Waals surface area contributed by atoms with Crippen LogP contribution in [0.15, 0.2) is 24.3 Å². The molecule has 0 amide bonds. The molecule has 0 bridgehead atoms. The molecule has 0 saturated heterocycles. The third-order valence-corrected chi connectivity index (χ3v) is 3.23. The van der Waals surface area contributed by atoms with Crippen LogP contribution in [-0.4, -0.2) is 17.6 Å². The molecular formula is C15H23NO2. The number of benzene rings is 1. The topological polar surface area (TPSA) is 49.3 Å². The zero-order valence-corrected chi connectivity index (χ0v) is 11.3. The standard InChI is InChI=1S/C15H23NO2/c1-3-12(2)14-8-6-13(7-9-14)11-16-10-4-5-15(17)18/h6-9,12,16H,3-5,10-11H2,1-2H3,(H,17,18). The van der Waals surface area contributed by atoms with E-state index in [-0.39, 0.29) is 6.42 Å². The summed E-state index contributed by atoms with van der Waals surface area (Å²) in [6.07, 6.45) is 2.08. The van der Waals surface area contributed by atoms with Crippen LogP contribution in [0.3, 0.4) is 0 Å². The Balaban J connectivity index is 2.29. The minimum absolute atomic E-state index is 0.236. The molecular weight excluding hydrogens is 226 g/mol. The van der Waals surface area contributed by atoms with Gasteiger partial charge in [-0.25, -0.2) is 0 Å². The van der Waals surface area contributed by atoms with E-state index in [9.17, 15) is 4.79 Å². The third kappa shape index (κ3) is 5.32. The van der Waals surface area contributed by atoms with Crippen LogP contribution in [0.1, 0.15) is 50.2 Å². The first-order valence-corrected chi connectivity index (χ1v) is 6.64. The molecule has 0 heterocycles. The number of nitrogens with one attached hydrogen (secondary N) is 1. The number of carboxylic acids is 1. The van der Waals surface area contributed by atoms with E-state index in [1.54, 1.807) is 0 Å². The highest BCUT2D eigenvalue weighted by Gasteiger charge is 2.02. The molecule has 1 atom stereocenters. The lowest BCUT2D eigenvalue weighted by Gasteiger charge is -2.10. The van der Waals surface area contributed by atoms with Crippen LogP contribution < -0.4 is 5.32 Å². The van der Waals surface area contributed by atoms with Crippen molar-refractivity contribution in [3.8, 4) is 0 Å². The van der Waals surface area contributed by atoms with Gasteiger partial charge in [-0.3, -0.25) is 4.79 Å². The molecule has 0 spiro atoms. The van der Waals surface area contributed by atoms with Crippen molar-refractivity contribution in [3.63, 3.8) is 0 Å². The van der Waals surface area contributed by atoms with E-state index in [0.29, 0.717) is 12.3 Å². The maximum atomic E-state index is 10.3. The Hall–Kier alpha value is -1.35. The number of hydrogen-bond donors (Lipinski definition) is 2. The lowest BCUT2D eigenvalue weighted by atomic mass is 9.98. The minimum atomic E-state index is -0.727. The van der Waals surface area contributed by atoms with Crippen LogP contribution in [0.25, 0.3) is 0 Å². The Labute approximate surface area is 109 Å². The summed E-state index contributed by atoms with van der Waals surface area (Å²) in [6.45, 7) is 5.99. The Morgan fingerprint density at radius 3 is 2.56 bits per heavy atom. The van der Waals surface area contributed by atoms with Gasteiger partial charge in [0.05, 0.1) is 0 Å². The normalized spacial score (nSPS) is 12.3. The van der Waals surface area contributed by atoms with Crippen molar-refractivity contribution in [3.05, 3.63) is 35.4 Å². The molecule has 0 fully saturated rings. The van der Waals surface area contributed by atoms with E-state index < -0.39 is 5.97 Å². The second-order valence-corrected chi connectivity index (χ2v) is 4.72. The molecule has 1 aromatic rings. The fourth-order valence-electron chi connectivity index (χ4n) is 1.80. The van der Waals surface area contributed by atoms with E-state index in [2.05, 4.69) is 43.4 Å². The molecule has 1 unspecified atom stereocenters. The van der Waals surface area contributed by atoms with Gasteiger partial charge < -0.3 is 10.4 Å². The van der Waals surface area contributed by atoms with E-state index in [1.807, 2.05) is 0 Å². The number of carboxylic acid groups (broad SMARTS) is 1. The number of carbonyl (C=O) groups is 1. The predicted molar refractivity (Wildman–Crippen MR) is 73.7 cm³/mol. The van der Waals surface area contributed by atoms with Crippen LogP contribution in [-0.2, 0) is 11.3 Å². The molecule has 18 heavy (non-hydrogen) atoms. The van der Waals surface area contributed by atoms with Gasteiger partial charge in [0.25, 0.3) is 0 Å². The lowest BCUT2D eigenvalue weighted by Crippen LogP contribution is -2.15. The van der Waals surface area contributed by atoms with E-state index in [1.165, 1.54) is 11.1 Å². The fraction of sp³-hybridized carbons (Fsp3) is 0.533. The minimum Gasteiger partial charge on any atom is -0.481 e. The average Bonchev–Trinajstić information content (AvgIpc) is 2.38. The summed E-state index contributed by atoms with van der Waals surface area (Å²) in [5.74, 6) is -0.114. The van der Waals surface area contributed by atoms with E-state index in [4.69, 9.17) is 5.11 Å². The maximum absolute atomic E-state index is 10.3. The summed E-state index contributed by atoms with van der Waals surface area (Å²) >= 11 is 0. The smallest absolute Gasteiger partial charge is 0.303 e. The van der Waals surface area contributed by atoms with Crippen LogP contribution in [0, 0.1) is 0 Å². The molecule has 0 aliphatic heterocycles. The predicted octanol–water partition coefficient (Wildman–Crippen LogP) is 3.15. The van der Waals surface area contributed by atoms with Gasteiger partial charge >= 0.3 is 5.97 Å². The van der Waals surface area contributed by atoms with Crippen molar-refractivity contribution >= 4 is 5.97 Å². The van der Waals surface area contributed by atoms with Gasteiger partial charge in [-0.05, 0) is 36.4 Å². The number of hydrogen-bond acceptors (Lipinski definition) is 2. The lowest BCUT2D eigenvalue weighted by molar-refractivity contribution is -0.137. The van der Waals surface area contributed by atoms with Gasteiger partial charge in [0, 0.05) is 13.0 Å². The first-order valence-electron chi connectivity index (χ1n) is 6.64. The molecule has 0 saturated carbocycles. The summed E-state index contributed by atoms with van der Waals surface area (Å²) in [5, 5.41) is 11.8. The van der Waals surface area contributed by atoms with E-state index >= 15 is 0 Å². The largest absolute Gasteiger partial charge is 0.481 e. The first kappa shape index (κ1) is 14.7. The van der Waals surface area contributed by atoms with Crippen molar-refractivity contribution in [2.45, 2.75) is 45.6 Å². The molecule has 3 nitrogen and oxygen atoms in total. The van der Waals surface area contributed by atoms with Gasteiger partial charge in [0.2, 0.25) is 0 Å². The number of rotatable bonds is 8. The van der Waals surface area contributed by atoms with Crippen LogP contribution in [0.4, 0.5) is 0 Å². The van der Waals surface area contributed by atoms with Gasteiger partial charge in [0.15, 0.2) is 0 Å². The molecule has 1 aromatic carbocycles. The molecule has 0 aliphatic rings. The molecule has 0 aliphatic carbocycles.